The van der Waals surface area contributed by atoms with Crippen molar-refractivity contribution in [2.45, 2.75) is 26.2 Å². The fraction of sp³-hybridized carbons (Fsp3) is 0.818. The Hall–Kier alpha value is -1.30. The van der Waals surface area contributed by atoms with Crippen molar-refractivity contribution in [1.82, 2.24) is 5.32 Å². The van der Waals surface area contributed by atoms with Gasteiger partial charge in [0, 0.05) is 13.7 Å². The number of carbonyl (C=O) groups excluding carboxylic acids is 1. The summed E-state index contributed by atoms with van der Waals surface area (Å²) in [5.41, 5.74) is 4.80. The van der Waals surface area contributed by atoms with E-state index in [0.29, 0.717) is 26.0 Å². The van der Waals surface area contributed by atoms with Gasteiger partial charge >= 0.3 is 0 Å². The zero-order valence-corrected chi connectivity index (χ0v) is 10.4. The van der Waals surface area contributed by atoms with E-state index in [4.69, 9.17) is 15.7 Å². The molecule has 1 aliphatic carbocycles. The highest BCUT2D eigenvalue weighted by Crippen LogP contribution is 2.41. The molecule has 1 rings (SSSR count). The van der Waals surface area contributed by atoms with Crippen LogP contribution in [0.1, 0.15) is 26.2 Å². The third kappa shape index (κ3) is 2.88. The molecule has 0 aromatic heterocycles. The van der Waals surface area contributed by atoms with Crippen molar-refractivity contribution in [1.29, 1.82) is 0 Å². The van der Waals surface area contributed by atoms with Gasteiger partial charge in [-0.3, -0.25) is 4.79 Å². The van der Waals surface area contributed by atoms with Crippen molar-refractivity contribution >= 4 is 11.7 Å². The van der Waals surface area contributed by atoms with E-state index in [1.165, 1.54) is 0 Å². The topological polar surface area (TPSA) is 96.9 Å². The lowest BCUT2D eigenvalue weighted by molar-refractivity contribution is -0.131. The second-order valence-corrected chi connectivity index (χ2v) is 4.69. The van der Waals surface area contributed by atoms with Crippen LogP contribution >= 0.6 is 0 Å². The lowest BCUT2D eigenvalue weighted by atomic mass is 9.67. The van der Waals surface area contributed by atoms with Crippen LogP contribution in [0.4, 0.5) is 0 Å². The Labute approximate surface area is 101 Å². The van der Waals surface area contributed by atoms with E-state index in [1.54, 1.807) is 7.11 Å². The fourth-order valence-corrected chi connectivity index (χ4v) is 2.01. The molecule has 1 saturated carbocycles. The number of hydrogen-bond acceptors (Lipinski definition) is 4. The average Bonchev–Trinajstić information content (AvgIpc) is 2.25. The van der Waals surface area contributed by atoms with Crippen molar-refractivity contribution in [2.24, 2.45) is 22.2 Å². The van der Waals surface area contributed by atoms with Crippen LogP contribution in [0.25, 0.3) is 0 Å². The minimum atomic E-state index is -0.790. The van der Waals surface area contributed by atoms with Gasteiger partial charge < -0.3 is 21.0 Å². The molecule has 1 fully saturated rings. The maximum atomic E-state index is 12.0. The Balaban J connectivity index is 2.51. The van der Waals surface area contributed by atoms with Gasteiger partial charge in [-0.05, 0) is 18.8 Å². The molecule has 98 valence electrons. The third-order valence-electron chi connectivity index (χ3n) is 3.30. The number of methoxy groups -OCH3 is 1. The SMILES string of the molecule is COCC(C)CNC(=O)C1(C(N)=NO)CCC1. The molecular formula is C11H21N3O3. The first kappa shape index (κ1) is 13.8. The number of nitrogens with zero attached hydrogens (tertiary/aromatic N) is 1. The lowest BCUT2D eigenvalue weighted by Gasteiger charge is -2.38. The maximum absolute atomic E-state index is 12.0. The second kappa shape index (κ2) is 5.86. The van der Waals surface area contributed by atoms with Crippen LogP contribution in [0.2, 0.25) is 0 Å². The van der Waals surface area contributed by atoms with Crippen LogP contribution in [0.5, 0.6) is 0 Å². The van der Waals surface area contributed by atoms with Crippen LogP contribution in [-0.4, -0.2) is 37.2 Å². The summed E-state index contributed by atoms with van der Waals surface area (Å²) in [4.78, 5) is 12.0. The summed E-state index contributed by atoms with van der Waals surface area (Å²) in [6.07, 6.45) is 2.22. The van der Waals surface area contributed by atoms with E-state index < -0.39 is 5.41 Å². The Bertz CT molecular complexity index is 300. The van der Waals surface area contributed by atoms with Gasteiger partial charge in [-0.2, -0.15) is 0 Å². The number of nitrogens with two attached hydrogens (primary N) is 1. The number of carbonyl (C=O) groups is 1. The molecule has 1 unspecified atom stereocenters. The Morgan fingerprint density at radius 2 is 2.29 bits per heavy atom. The summed E-state index contributed by atoms with van der Waals surface area (Å²) in [5.74, 6) is 0.107. The highest BCUT2D eigenvalue weighted by Gasteiger charge is 2.48. The highest BCUT2D eigenvalue weighted by molar-refractivity contribution is 6.07. The molecule has 0 aromatic rings. The molecule has 1 atom stereocenters. The van der Waals surface area contributed by atoms with Crippen LogP contribution in [0.3, 0.4) is 0 Å². The molecule has 0 bridgehead atoms. The summed E-state index contributed by atoms with van der Waals surface area (Å²) in [7, 11) is 1.63. The van der Waals surface area contributed by atoms with Crippen molar-refractivity contribution < 1.29 is 14.7 Å². The first-order chi connectivity index (χ1) is 8.06. The second-order valence-electron chi connectivity index (χ2n) is 4.69. The average molecular weight is 243 g/mol. The van der Waals surface area contributed by atoms with Gasteiger partial charge in [-0.25, -0.2) is 0 Å². The molecule has 0 aromatic carbocycles. The summed E-state index contributed by atoms with van der Waals surface area (Å²) >= 11 is 0. The van der Waals surface area contributed by atoms with Crippen molar-refractivity contribution in [3.8, 4) is 0 Å². The molecule has 0 heterocycles. The quantitative estimate of drug-likeness (QED) is 0.270. The summed E-state index contributed by atoms with van der Waals surface area (Å²) in [6.45, 7) is 3.12. The summed E-state index contributed by atoms with van der Waals surface area (Å²) in [5, 5.41) is 14.5. The van der Waals surface area contributed by atoms with Crippen LogP contribution < -0.4 is 11.1 Å². The summed E-state index contributed by atoms with van der Waals surface area (Å²) in [6, 6.07) is 0. The molecule has 0 saturated heterocycles. The number of amidine groups is 1. The molecule has 4 N–H and O–H groups in total. The van der Waals surface area contributed by atoms with E-state index >= 15 is 0 Å². The molecule has 6 heteroatoms. The number of oxime groups is 1. The molecular weight excluding hydrogens is 222 g/mol. The predicted molar refractivity (Wildman–Crippen MR) is 63.7 cm³/mol. The first-order valence-corrected chi connectivity index (χ1v) is 5.82. The zero-order valence-electron chi connectivity index (χ0n) is 10.4. The fourth-order valence-electron chi connectivity index (χ4n) is 2.01. The van der Waals surface area contributed by atoms with Gasteiger partial charge in [0.05, 0.1) is 6.61 Å². The number of nitrogens with one attached hydrogen (secondary N) is 1. The molecule has 0 spiro atoms. The van der Waals surface area contributed by atoms with Crippen molar-refractivity contribution in [3.63, 3.8) is 0 Å². The van der Waals surface area contributed by atoms with E-state index in [-0.39, 0.29) is 17.7 Å². The molecule has 1 amide bonds. The molecule has 0 radical (unpaired) electrons. The van der Waals surface area contributed by atoms with E-state index in [0.717, 1.165) is 6.42 Å². The maximum Gasteiger partial charge on any atom is 0.233 e. The van der Waals surface area contributed by atoms with E-state index in [2.05, 4.69) is 10.5 Å². The predicted octanol–water partition coefficient (Wildman–Crippen LogP) is 0.302. The van der Waals surface area contributed by atoms with E-state index in [9.17, 15) is 4.79 Å². The first-order valence-electron chi connectivity index (χ1n) is 5.82. The summed E-state index contributed by atoms with van der Waals surface area (Å²) < 4.78 is 4.99. The van der Waals surface area contributed by atoms with E-state index in [1.807, 2.05) is 6.92 Å². The van der Waals surface area contributed by atoms with Crippen LogP contribution in [0, 0.1) is 11.3 Å². The molecule has 17 heavy (non-hydrogen) atoms. The number of rotatable bonds is 6. The van der Waals surface area contributed by atoms with Crippen LogP contribution in [-0.2, 0) is 9.53 Å². The van der Waals surface area contributed by atoms with Gasteiger partial charge in [-0.15, -0.1) is 0 Å². The number of ether oxygens (including phenoxy) is 1. The smallest absolute Gasteiger partial charge is 0.233 e. The molecule has 6 nitrogen and oxygen atoms in total. The van der Waals surface area contributed by atoms with Crippen molar-refractivity contribution in [3.05, 3.63) is 0 Å². The van der Waals surface area contributed by atoms with Gasteiger partial charge in [0.1, 0.15) is 5.41 Å². The lowest BCUT2D eigenvalue weighted by Crippen LogP contribution is -2.54. The zero-order chi connectivity index (χ0) is 12.9. The van der Waals surface area contributed by atoms with Gasteiger partial charge in [0.2, 0.25) is 5.91 Å². The Morgan fingerprint density at radius 1 is 1.65 bits per heavy atom. The van der Waals surface area contributed by atoms with Crippen molar-refractivity contribution in [2.75, 3.05) is 20.3 Å². The third-order valence-corrected chi connectivity index (χ3v) is 3.30. The highest BCUT2D eigenvalue weighted by atomic mass is 16.5. The standard InChI is InChI=1S/C11H21N3O3/c1-8(7-17-2)6-13-10(15)11(4-3-5-11)9(12)14-16/h8,16H,3-7H2,1-2H3,(H2,12,14)(H,13,15). The molecule has 1 aliphatic rings. The monoisotopic (exact) mass is 243 g/mol. The largest absolute Gasteiger partial charge is 0.409 e. The molecule has 0 aliphatic heterocycles. The van der Waals surface area contributed by atoms with Gasteiger partial charge in [-0.1, -0.05) is 18.5 Å². The number of hydrogen-bond donors (Lipinski definition) is 3. The minimum Gasteiger partial charge on any atom is -0.409 e. The number of amides is 1. The Morgan fingerprint density at radius 3 is 2.71 bits per heavy atom. The Kier molecular flexibility index (Phi) is 4.74. The van der Waals surface area contributed by atoms with Crippen LogP contribution in [0.15, 0.2) is 5.16 Å². The normalized spacial score (nSPS) is 20.5. The van der Waals surface area contributed by atoms with Gasteiger partial charge in [0.25, 0.3) is 0 Å². The van der Waals surface area contributed by atoms with Gasteiger partial charge in [0.15, 0.2) is 5.84 Å². The minimum absolute atomic E-state index is 0.0145.